The SMILES string of the molecule is CCn1ccnc1-c1cc([N+](=O)[O-])c(OC)cc1OC. The molecule has 0 saturated carbocycles. The molecule has 0 amide bonds. The van der Waals surface area contributed by atoms with E-state index in [1.165, 1.54) is 26.4 Å². The third-order valence-electron chi connectivity index (χ3n) is 2.99. The highest BCUT2D eigenvalue weighted by molar-refractivity contribution is 5.71. The van der Waals surface area contributed by atoms with Crippen molar-refractivity contribution in [3.8, 4) is 22.9 Å². The molecule has 7 heteroatoms. The molecule has 0 aliphatic carbocycles. The van der Waals surface area contributed by atoms with Crippen LogP contribution in [0.25, 0.3) is 11.4 Å². The van der Waals surface area contributed by atoms with E-state index in [2.05, 4.69) is 4.98 Å². The largest absolute Gasteiger partial charge is 0.496 e. The topological polar surface area (TPSA) is 79.4 Å². The quantitative estimate of drug-likeness (QED) is 0.619. The number of aromatic nitrogens is 2. The van der Waals surface area contributed by atoms with E-state index in [9.17, 15) is 10.1 Å². The molecule has 0 atom stereocenters. The Bertz CT molecular complexity index is 637. The lowest BCUT2D eigenvalue weighted by atomic mass is 10.1. The molecule has 0 spiro atoms. The molecule has 0 N–H and O–H groups in total. The van der Waals surface area contributed by atoms with Crippen molar-refractivity contribution in [1.29, 1.82) is 0 Å². The highest BCUT2D eigenvalue weighted by Crippen LogP contribution is 2.39. The number of hydrogen-bond donors (Lipinski definition) is 0. The number of imidazole rings is 1. The van der Waals surface area contributed by atoms with Crippen LogP contribution in [-0.4, -0.2) is 28.7 Å². The molecular formula is C13H15N3O4. The van der Waals surface area contributed by atoms with Gasteiger partial charge in [-0.2, -0.15) is 0 Å². The van der Waals surface area contributed by atoms with Crippen LogP contribution in [0.5, 0.6) is 11.5 Å². The van der Waals surface area contributed by atoms with Crippen molar-refractivity contribution in [2.45, 2.75) is 13.5 Å². The van der Waals surface area contributed by atoms with Crippen LogP contribution in [0, 0.1) is 10.1 Å². The Morgan fingerprint density at radius 2 is 2.00 bits per heavy atom. The summed E-state index contributed by atoms with van der Waals surface area (Å²) in [5.41, 5.74) is 0.445. The van der Waals surface area contributed by atoms with Gasteiger partial charge in [-0.3, -0.25) is 10.1 Å². The predicted molar refractivity (Wildman–Crippen MR) is 73.1 cm³/mol. The monoisotopic (exact) mass is 277 g/mol. The second-order valence-electron chi connectivity index (χ2n) is 4.02. The van der Waals surface area contributed by atoms with Gasteiger partial charge in [-0.1, -0.05) is 0 Å². The van der Waals surface area contributed by atoms with Crippen LogP contribution in [0.15, 0.2) is 24.5 Å². The number of nitro benzene ring substituents is 1. The number of aryl methyl sites for hydroxylation is 1. The van der Waals surface area contributed by atoms with E-state index in [-0.39, 0.29) is 11.4 Å². The molecule has 106 valence electrons. The summed E-state index contributed by atoms with van der Waals surface area (Å²) in [7, 11) is 2.89. The first-order valence-electron chi connectivity index (χ1n) is 6.04. The fourth-order valence-corrected chi connectivity index (χ4v) is 2.01. The lowest BCUT2D eigenvalue weighted by Crippen LogP contribution is -2.01. The van der Waals surface area contributed by atoms with Crippen molar-refractivity contribution in [3.05, 3.63) is 34.6 Å². The summed E-state index contributed by atoms with van der Waals surface area (Å²) < 4.78 is 12.2. The first-order chi connectivity index (χ1) is 9.62. The first kappa shape index (κ1) is 13.9. The molecule has 0 unspecified atom stereocenters. The Labute approximate surface area is 115 Å². The van der Waals surface area contributed by atoms with Gasteiger partial charge < -0.3 is 14.0 Å². The molecule has 0 fully saturated rings. The van der Waals surface area contributed by atoms with Crippen molar-refractivity contribution in [3.63, 3.8) is 0 Å². The van der Waals surface area contributed by atoms with Crippen molar-refractivity contribution in [2.75, 3.05) is 14.2 Å². The number of methoxy groups -OCH3 is 2. The van der Waals surface area contributed by atoms with Crippen LogP contribution in [-0.2, 0) is 6.54 Å². The zero-order valence-corrected chi connectivity index (χ0v) is 11.5. The average Bonchev–Trinajstić information content (AvgIpc) is 2.93. The molecule has 0 radical (unpaired) electrons. The van der Waals surface area contributed by atoms with E-state index in [0.717, 1.165) is 0 Å². The number of ether oxygens (including phenoxy) is 2. The van der Waals surface area contributed by atoms with Gasteiger partial charge in [-0.15, -0.1) is 0 Å². The van der Waals surface area contributed by atoms with E-state index in [0.29, 0.717) is 23.7 Å². The zero-order chi connectivity index (χ0) is 14.7. The molecule has 0 aliphatic rings. The first-order valence-corrected chi connectivity index (χ1v) is 6.04. The smallest absolute Gasteiger partial charge is 0.311 e. The molecule has 1 heterocycles. The molecule has 1 aromatic heterocycles. The third kappa shape index (κ3) is 2.29. The van der Waals surface area contributed by atoms with Gasteiger partial charge in [0, 0.05) is 31.1 Å². The normalized spacial score (nSPS) is 10.3. The van der Waals surface area contributed by atoms with Crippen LogP contribution in [0.4, 0.5) is 5.69 Å². The summed E-state index contributed by atoms with van der Waals surface area (Å²) in [6.45, 7) is 2.67. The van der Waals surface area contributed by atoms with Crippen molar-refractivity contribution < 1.29 is 14.4 Å². The highest BCUT2D eigenvalue weighted by Gasteiger charge is 2.22. The van der Waals surface area contributed by atoms with E-state index >= 15 is 0 Å². The van der Waals surface area contributed by atoms with Gasteiger partial charge in [-0.05, 0) is 6.92 Å². The van der Waals surface area contributed by atoms with Crippen molar-refractivity contribution in [2.24, 2.45) is 0 Å². The minimum Gasteiger partial charge on any atom is -0.496 e. The van der Waals surface area contributed by atoms with Crippen molar-refractivity contribution in [1.82, 2.24) is 9.55 Å². The van der Waals surface area contributed by atoms with Gasteiger partial charge in [0.2, 0.25) is 5.75 Å². The van der Waals surface area contributed by atoms with Crippen LogP contribution in [0.1, 0.15) is 6.92 Å². The Kier molecular flexibility index (Phi) is 3.88. The van der Waals surface area contributed by atoms with Gasteiger partial charge in [-0.25, -0.2) is 4.98 Å². The minimum absolute atomic E-state index is 0.117. The minimum atomic E-state index is -0.485. The Balaban J connectivity index is 2.68. The second kappa shape index (κ2) is 5.60. The summed E-state index contributed by atoms with van der Waals surface area (Å²) in [6.07, 6.45) is 3.46. The molecule has 7 nitrogen and oxygen atoms in total. The summed E-state index contributed by atoms with van der Waals surface area (Å²) in [6, 6.07) is 2.92. The molecule has 0 bridgehead atoms. The molecule has 1 aromatic carbocycles. The average molecular weight is 277 g/mol. The van der Waals surface area contributed by atoms with Gasteiger partial charge in [0.05, 0.1) is 24.7 Å². The van der Waals surface area contributed by atoms with Crippen LogP contribution in [0.2, 0.25) is 0 Å². The molecular weight excluding hydrogens is 262 g/mol. The van der Waals surface area contributed by atoms with Gasteiger partial charge in [0.25, 0.3) is 0 Å². The number of rotatable bonds is 5. The Hall–Kier alpha value is -2.57. The lowest BCUT2D eigenvalue weighted by Gasteiger charge is -2.11. The van der Waals surface area contributed by atoms with Crippen LogP contribution >= 0.6 is 0 Å². The molecule has 2 aromatic rings. The summed E-state index contributed by atoms with van der Waals surface area (Å²) >= 11 is 0. The molecule has 0 aliphatic heterocycles. The van der Waals surface area contributed by atoms with Crippen molar-refractivity contribution >= 4 is 5.69 Å². The number of hydrogen-bond acceptors (Lipinski definition) is 5. The summed E-state index contributed by atoms with van der Waals surface area (Å²) in [5, 5.41) is 11.1. The zero-order valence-electron chi connectivity index (χ0n) is 11.5. The molecule has 0 saturated heterocycles. The predicted octanol–water partition coefficient (Wildman–Crippen LogP) is 2.50. The number of benzene rings is 1. The van der Waals surface area contributed by atoms with E-state index in [4.69, 9.17) is 9.47 Å². The van der Waals surface area contributed by atoms with Crippen LogP contribution in [0.3, 0.4) is 0 Å². The summed E-state index contributed by atoms with van der Waals surface area (Å²) in [5.74, 6) is 1.26. The fourth-order valence-electron chi connectivity index (χ4n) is 2.01. The van der Waals surface area contributed by atoms with Gasteiger partial charge in [0.1, 0.15) is 11.6 Å². The van der Waals surface area contributed by atoms with E-state index in [1.807, 2.05) is 17.7 Å². The maximum atomic E-state index is 11.1. The second-order valence-corrected chi connectivity index (χ2v) is 4.02. The molecule has 2 rings (SSSR count). The number of nitrogens with zero attached hydrogens (tertiary/aromatic N) is 3. The standard InChI is InChI=1S/C13H15N3O4/c1-4-15-6-5-14-13(15)9-7-10(16(17)18)12(20-3)8-11(9)19-2/h5-8H,4H2,1-3H3. The highest BCUT2D eigenvalue weighted by atomic mass is 16.6. The third-order valence-corrected chi connectivity index (χ3v) is 2.99. The fraction of sp³-hybridized carbons (Fsp3) is 0.308. The maximum absolute atomic E-state index is 11.1. The van der Waals surface area contributed by atoms with E-state index in [1.54, 1.807) is 6.20 Å². The summed E-state index contributed by atoms with van der Waals surface area (Å²) in [4.78, 5) is 14.9. The Morgan fingerprint density at radius 3 is 2.55 bits per heavy atom. The Morgan fingerprint density at radius 1 is 1.30 bits per heavy atom. The maximum Gasteiger partial charge on any atom is 0.311 e. The van der Waals surface area contributed by atoms with Gasteiger partial charge in [0.15, 0.2) is 0 Å². The van der Waals surface area contributed by atoms with Gasteiger partial charge >= 0.3 is 5.69 Å². The van der Waals surface area contributed by atoms with E-state index < -0.39 is 4.92 Å². The molecule has 20 heavy (non-hydrogen) atoms. The lowest BCUT2D eigenvalue weighted by molar-refractivity contribution is -0.385. The van der Waals surface area contributed by atoms with Crippen LogP contribution < -0.4 is 9.47 Å². The number of nitro groups is 1.